The van der Waals surface area contributed by atoms with Gasteiger partial charge in [0.25, 0.3) is 5.91 Å². The molecule has 9 heteroatoms. The molecule has 2 N–H and O–H groups in total. The summed E-state index contributed by atoms with van der Waals surface area (Å²) in [5.41, 5.74) is -0.530. The minimum absolute atomic E-state index is 0.396. The van der Waals surface area contributed by atoms with Crippen LogP contribution >= 0.6 is 0 Å². The molecule has 3 atom stereocenters. The number of hydrogen-bond acceptors (Lipinski definition) is 6. The van der Waals surface area contributed by atoms with E-state index in [1.807, 2.05) is 17.5 Å². The van der Waals surface area contributed by atoms with Crippen LogP contribution in [0.25, 0.3) is 0 Å². The zero-order valence-corrected chi connectivity index (χ0v) is 15.9. The summed E-state index contributed by atoms with van der Waals surface area (Å²) in [4.78, 5) is 61.3. The topological polar surface area (TPSA) is 122 Å². The van der Waals surface area contributed by atoms with Gasteiger partial charge in [-0.25, -0.2) is 9.59 Å². The van der Waals surface area contributed by atoms with Gasteiger partial charge in [-0.3, -0.25) is 24.6 Å². The lowest BCUT2D eigenvalue weighted by Gasteiger charge is -2.22. The predicted molar refractivity (Wildman–Crippen MR) is 94.1 cm³/mol. The Labute approximate surface area is 157 Å². The summed E-state index contributed by atoms with van der Waals surface area (Å²) in [7, 11) is 0. The highest BCUT2D eigenvalue weighted by Gasteiger charge is 2.50. The van der Waals surface area contributed by atoms with Gasteiger partial charge >= 0.3 is 12.0 Å². The van der Waals surface area contributed by atoms with Gasteiger partial charge in [0, 0.05) is 5.54 Å². The lowest BCUT2D eigenvalue weighted by atomic mass is 9.85. The number of carbonyl (C=O) groups is 5. The molecule has 1 heterocycles. The van der Waals surface area contributed by atoms with Crippen LogP contribution in [-0.4, -0.2) is 52.8 Å². The Morgan fingerprint density at radius 2 is 1.67 bits per heavy atom. The number of hydrogen-bond donors (Lipinski definition) is 2. The Morgan fingerprint density at radius 1 is 1.15 bits per heavy atom. The number of esters is 1. The maximum Gasteiger partial charge on any atom is 0.329 e. The van der Waals surface area contributed by atoms with E-state index in [1.165, 1.54) is 6.92 Å². The highest BCUT2D eigenvalue weighted by atomic mass is 16.5. The van der Waals surface area contributed by atoms with Gasteiger partial charge in [0.15, 0.2) is 6.61 Å². The van der Waals surface area contributed by atoms with E-state index in [1.54, 1.807) is 20.8 Å². The Hall–Kier alpha value is -2.71. The first-order chi connectivity index (χ1) is 12.5. The minimum Gasteiger partial charge on any atom is -0.454 e. The maximum absolute atomic E-state index is 12.4. The van der Waals surface area contributed by atoms with Crippen molar-refractivity contribution in [3.05, 3.63) is 12.2 Å². The number of carbonyl (C=O) groups excluding carboxylic acids is 5. The molecule has 0 spiro atoms. The van der Waals surface area contributed by atoms with Crippen LogP contribution in [0.3, 0.4) is 0 Å². The van der Waals surface area contributed by atoms with E-state index in [0.717, 1.165) is 4.90 Å². The minimum atomic E-state index is -1.13. The van der Waals surface area contributed by atoms with Crippen LogP contribution in [0.15, 0.2) is 12.2 Å². The van der Waals surface area contributed by atoms with E-state index >= 15 is 0 Å². The van der Waals surface area contributed by atoms with Crippen LogP contribution in [0.4, 0.5) is 4.79 Å². The highest BCUT2D eigenvalue weighted by Crippen LogP contribution is 2.36. The van der Waals surface area contributed by atoms with E-state index in [-0.39, 0.29) is 0 Å². The molecule has 27 heavy (non-hydrogen) atoms. The van der Waals surface area contributed by atoms with Gasteiger partial charge in [0.2, 0.25) is 11.8 Å². The monoisotopic (exact) mass is 379 g/mol. The summed E-state index contributed by atoms with van der Waals surface area (Å²) in [5, 5.41) is 4.57. The standard InChI is InChI=1S/C18H25N3O6/c1-10(21-14(23)11-7-5-6-8-12(11)15(21)24)16(25)27-9-13(22)19-17(26)20-18(2,3)4/h5-6,10-12H,7-9H2,1-4H3,(H2,19,20,22,26)/t10-,11+,12+/m0/s1. The smallest absolute Gasteiger partial charge is 0.329 e. The lowest BCUT2D eigenvalue weighted by Crippen LogP contribution is -2.49. The van der Waals surface area contributed by atoms with Gasteiger partial charge in [0.1, 0.15) is 6.04 Å². The Balaban J connectivity index is 1.87. The number of amides is 5. The van der Waals surface area contributed by atoms with Crippen LogP contribution in [0.1, 0.15) is 40.5 Å². The van der Waals surface area contributed by atoms with Crippen molar-refractivity contribution in [1.82, 2.24) is 15.5 Å². The zero-order chi connectivity index (χ0) is 20.4. The van der Waals surface area contributed by atoms with Crippen molar-refractivity contribution in [3.8, 4) is 0 Å². The van der Waals surface area contributed by atoms with Crippen molar-refractivity contribution in [2.24, 2.45) is 11.8 Å². The molecule has 0 radical (unpaired) electrons. The molecule has 148 valence electrons. The average Bonchev–Trinajstić information content (AvgIpc) is 2.82. The van der Waals surface area contributed by atoms with Gasteiger partial charge in [-0.2, -0.15) is 0 Å². The van der Waals surface area contributed by atoms with Crippen molar-refractivity contribution < 1.29 is 28.7 Å². The van der Waals surface area contributed by atoms with Gasteiger partial charge in [-0.05, 0) is 40.5 Å². The molecule has 5 amide bonds. The third-order valence-corrected chi connectivity index (χ3v) is 4.36. The summed E-state index contributed by atoms with van der Waals surface area (Å²) in [6.45, 7) is 5.93. The zero-order valence-electron chi connectivity index (χ0n) is 15.9. The van der Waals surface area contributed by atoms with Gasteiger partial charge in [-0.1, -0.05) is 12.2 Å². The molecule has 0 aromatic carbocycles. The van der Waals surface area contributed by atoms with Crippen molar-refractivity contribution in [1.29, 1.82) is 0 Å². The third kappa shape index (κ3) is 4.93. The first kappa shape index (κ1) is 20.6. The molecule has 0 saturated carbocycles. The number of nitrogens with zero attached hydrogens (tertiary/aromatic N) is 1. The number of imide groups is 2. The molecule has 9 nitrogen and oxygen atoms in total. The van der Waals surface area contributed by atoms with Gasteiger partial charge in [-0.15, -0.1) is 0 Å². The molecular weight excluding hydrogens is 354 g/mol. The number of urea groups is 1. The molecule has 2 aliphatic rings. The number of fused-ring (bicyclic) bond motifs is 1. The first-order valence-electron chi connectivity index (χ1n) is 8.82. The second-order valence-electron chi connectivity index (χ2n) is 7.74. The Kier molecular flexibility index (Phi) is 6.02. The fraction of sp³-hybridized carbons (Fsp3) is 0.611. The van der Waals surface area contributed by atoms with E-state index in [0.29, 0.717) is 12.8 Å². The molecule has 0 aromatic rings. The lowest BCUT2D eigenvalue weighted by molar-refractivity contribution is -0.159. The van der Waals surface area contributed by atoms with Gasteiger partial charge < -0.3 is 10.1 Å². The molecule has 2 rings (SSSR count). The first-order valence-corrected chi connectivity index (χ1v) is 8.82. The predicted octanol–water partition coefficient (Wildman–Crippen LogP) is 0.494. The van der Waals surface area contributed by atoms with Crippen LogP contribution in [0.2, 0.25) is 0 Å². The molecule has 0 bridgehead atoms. The van der Waals surface area contributed by atoms with E-state index in [4.69, 9.17) is 4.74 Å². The number of ether oxygens (including phenoxy) is 1. The van der Waals surface area contributed by atoms with E-state index in [2.05, 4.69) is 5.32 Å². The molecule has 1 saturated heterocycles. The van der Waals surface area contributed by atoms with Crippen LogP contribution in [0.5, 0.6) is 0 Å². The average molecular weight is 379 g/mol. The Bertz CT molecular complexity index is 668. The van der Waals surface area contributed by atoms with Crippen molar-refractivity contribution >= 4 is 29.7 Å². The molecule has 1 aliphatic carbocycles. The molecule has 1 aliphatic heterocycles. The fourth-order valence-corrected chi connectivity index (χ4v) is 3.10. The van der Waals surface area contributed by atoms with Crippen LogP contribution in [0, 0.1) is 11.8 Å². The van der Waals surface area contributed by atoms with E-state index < -0.39 is 59.7 Å². The summed E-state index contributed by atoms with van der Waals surface area (Å²) in [5.74, 6) is -3.37. The fourth-order valence-electron chi connectivity index (χ4n) is 3.10. The largest absolute Gasteiger partial charge is 0.454 e. The third-order valence-electron chi connectivity index (χ3n) is 4.36. The summed E-state index contributed by atoms with van der Waals surface area (Å²) in [6, 6.07) is -1.84. The van der Waals surface area contributed by atoms with Gasteiger partial charge in [0.05, 0.1) is 11.8 Å². The Morgan fingerprint density at radius 3 is 2.15 bits per heavy atom. The number of nitrogens with one attached hydrogen (secondary N) is 2. The molecule has 1 fully saturated rings. The van der Waals surface area contributed by atoms with E-state index in [9.17, 15) is 24.0 Å². The van der Waals surface area contributed by atoms with Crippen LogP contribution < -0.4 is 10.6 Å². The summed E-state index contributed by atoms with van der Waals surface area (Å²) >= 11 is 0. The SMILES string of the molecule is C[C@@H](C(=O)OCC(=O)NC(=O)NC(C)(C)C)N1C(=O)[C@@H]2CC=CC[C@H]2C1=O. The number of likely N-dealkylation sites (tertiary alicyclic amines) is 1. The molecule has 0 unspecified atom stereocenters. The van der Waals surface area contributed by atoms with Crippen molar-refractivity contribution in [2.75, 3.05) is 6.61 Å². The maximum atomic E-state index is 12.4. The normalized spacial score (nSPS) is 22.9. The second-order valence-corrected chi connectivity index (χ2v) is 7.74. The second kappa shape index (κ2) is 7.89. The molecule has 0 aromatic heterocycles. The van der Waals surface area contributed by atoms with Crippen molar-refractivity contribution in [3.63, 3.8) is 0 Å². The number of rotatable bonds is 4. The van der Waals surface area contributed by atoms with Crippen LogP contribution in [-0.2, 0) is 23.9 Å². The quantitative estimate of drug-likeness (QED) is 0.417. The number of allylic oxidation sites excluding steroid dienone is 2. The summed E-state index contributed by atoms with van der Waals surface area (Å²) in [6.07, 6.45) is 4.65. The van der Waals surface area contributed by atoms with Crippen molar-refractivity contribution in [2.45, 2.75) is 52.1 Å². The summed E-state index contributed by atoms with van der Waals surface area (Å²) < 4.78 is 4.87. The highest BCUT2D eigenvalue weighted by molar-refractivity contribution is 6.08. The molecular formula is C18H25N3O6.